The van der Waals surface area contributed by atoms with Crippen LogP contribution in [-0.4, -0.2) is 20.9 Å². The molecule has 0 radical (unpaired) electrons. The first-order valence-electron chi connectivity index (χ1n) is 10.6. The summed E-state index contributed by atoms with van der Waals surface area (Å²) >= 11 is 1.55. The van der Waals surface area contributed by atoms with Gasteiger partial charge in [-0.3, -0.25) is 9.59 Å². The van der Waals surface area contributed by atoms with Crippen molar-refractivity contribution in [2.45, 2.75) is 38.6 Å². The van der Waals surface area contributed by atoms with E-state index in [1.165, 1.54) is 9.56 Å². The van der Waals surface area contributed by atoms with Gasteiger partial charge < -0.3 is 10.1 Å². The molecule has 32 heavy (non-hydrogen) atoms. The van der Waals surface area contributed by atoms with E-state index in [0.29, 0.717) is 21.7 Å². The summed E-state index contributed by atoms with van der Waals surface area (Å²) in [6.45, 7) is 1.66. The second kappa shape index (κ2) is 8.55. The fraction of sp³-hybridized carbons (Fsp3) is 0.250. The third kappa shape index (κ3) is 3.89. The molecule has 5 rings (SSSR count). The number of thiophene rings is 1. The van der Waals surface area contributed by atoms with E-state index < -0.39 is 6.04 Å². The first kappa shape index (κ1) is 20.4. The lowest BCUT2D eigenvalue weighted by Gasteiger charge is -2.14. The molecule has 0 bridgehead atoms. The van der Waals surface area contributed by atoms with Crippen LogP contribution < -0.4 is 15.6 Å². The highest BCUT2D eigenvalue weighted by atomic mass is 32.1. The highest BCUT2D eigenvalue weighted by Gasteiger charge is 2.24. The number of para-hydroxylation sites is 1. The number of carbonyl (C=O) groups is 1. The Hall–Kier alpha value is -3.52. The second-order valence-corrected chi connectivity index (χ2v) is 8.92. The number of aryl methyl sites for hydroxylation is 2. The predicted octanol–water partition coefficient (Wildman–Crippen LogP) is 4.72. The van der Waals surface area contributed by atoms with Crippen molar-refractivity contribution in [3.8, 4) is 11.5 Å². The van der Waals surface area contributed by atoms with Gasteiger partial charge in [0.25, 0.3) is 5.56 Å². The molecular formula is C24H22N4O3S. The Morgan fingerprint density at radius 2 is 1.78 bits per heavy atom. The normalized spacial score (nSPS) is 14.0. The van der Waals surface area contributed by atoms with E-state index in [9.17, 15) is 9.59 Å². The molecule has 0 aliphatic heterocycles. The average Bonchev–Trinajstić information content (AvgIpc) is 3.20. The van der Waals surface area contributed by atoms with E-state index in [1.807, 2.05) is 30.3 Å². The zero-order valence-corrected chi connectivity index (χ0v) is 18.4. The van der Waals surface area contributed by atoms with Gasteiger partial charge in [-0.2, -0.15) is 4.68 Å². The van der Waals surface area contributed by atoms with Gasteiger partial charge in [0.2, 0.25) is 5.91 Å². The molecule has 0 saturated carbocycles. The number of carbonyl (C=O) groups excluding carboxylic acids is 1. The van der Waals surface area contributed by atoms with Crippen LogP contribution in [0, 0.1) is 0 Å². The van der Waals surface area contributed by atoms with Crippen LogP contribution in [0.1, 0.15) is 36.2 Å². The van der Waals surface area contributed by atoms with E-state index in [-0.39, 0.29) is 11.5 Å². The number of benzene rings is 2. The minimum Gasteiger partial charge on any atom is -0.457 e. The lowest BCUT2D eigenvalue weighted by Crippen LogP contribution is -2.34. The molecule has 1 unspecified atom stereocenters. The molecule has 2 heterocycles. The summed E-state index contributed by atoms with van der Waals surface area (Å²) in [5.74, 6) is 1.07. The summed E-state index contributed by atoms with van der Waals surface area (Å²) in [5, 5.41) is 11.8. The summed E-state index contributed by atoms with van der Waals surface area (Å²) in [7, 11) is 0. The zero-order chi connectivity index (χ0) is 22.1. The van der Waals surface area contributed by atoms with Crippen molar-refractivity contribution in [2.75, 3.05) is 5.32 Å². The molecule has 1 aliphatic carbocycles. The Labute approximate surface area is 188 Å². The molecule has 162 valence electrons. The summed E-state index contributed by atoms with van der Waals surface area (Å²) in [4.78, 5) is 27.9. The third-order valence-electron chi connectivity index (χ3n) is 5.65. The van der Waals surface area contributed by atoms with Crippen molar-refractivity contribution in [2.24, 2.45) is 0 Å². The molecule has 1 N–H and O–H groups in total. The van der Waals surface area contributed by atoms with Gasteiger partial charge in [-0.05, 0) is 74.6 Å². The summed E-state index contributed by atoms with van der Waals surface area (Å²) in [6.07, 6.45) is 4.07. The molecule has 0 spiro atoms. The van der Waals surface area contributed by atoms with Crippen LogP contribution in [0.5, 0.6) is 11.5 Å². The van der Waals surface area contributed by atoms with Gasteiger partial charge in [0.15, 0.2) is 4.83 Å². The number of nitrogens with one attached hydrogen (secondary N) is 1. The largest absolute Gasteiger partial charge is 0.457 e. The molecular weight excluding hydrogens is 424 g/mol. The number of ether oxygens (including phenoxy) is 1. The molecule has 0 fully saturated rings. The molecule has 0 saturated heterocycles. The number of aromatic nitrogens is 3. The lowest BCUT2D eigenvalue weighted by atomic mass is 9.97. The Balaban J connectivity index is 1.33. The molecule has 2 aromatic heterocycles. The number of nitrogens with zero attached hydrogens (tertiary/aromatic N) is 3. The summed E-state index contributed by atoms with van der Waals surface area (Å²) < 4.78 is 6.96. The van der Waals surface area contributed by atoms with Crippen LogP contribution in [-0.2, 0) is 17.6 Å². The average molecular weight is 447 g/mol. The van der Waals surface area contributed by atoms with Crippen LogP contribution in [0.2, 0.25) is 0 Å². The molecule has 4 aromatic rings. The van der Waals surface area contributed by atoms with Gasteiger partial charge >= 0.3 is 0 Å². The number of amides is 1. The van der Waals surface area contributed by atoms with Gasteiger partial charge in [-0.15, -0.1) is 16.4 Å². The van der Waals surface area contributed by atoms with Gasteiger partial charge in [-0.1, -0.05) is 23.4 Å². The van der Waals surface area contributed by atoms with Crippen LogP contribution >= 0.6 is 11.3 Å². The molecule has 7 nitrogen and oxygen atoms in total. The lowest BCUT2D eigenvalue weighted by molar-refractivity contribution is -0.119. The summed E-state index contributed by atoms with van der Waals surface area (Å²) in [5.41, 5.74) is 1.45. The van der Waals surface area contributed by atoms with Crippen LogP contribution in [0.4, 0.5) is 5.69 Å². The maximum absolute atomic E-state index is 13.1. The quantitative estimate of drug-likeness (QED) is 0.479. The predicted molar refractivity (Wildman–Crippen MR) is 125 cm³/mol. The van der Waals surface area contributed by atoms with Crippen LogP contribution in [0.3, 0.4) is 0 Å². The monoisotopic (exact) mass is 446 g/mol. The minimum absolute atomic E-state index is 0.247. The van der Waals surface area contributed by atoms with Gasteiger partial charge in [0.1, 0.15) is 17.5 Å². The molecule has 1 atom stereocenters. The molecule has 1 aliphatic rings. The fourth-order valence-corrected chi connectivity index (χ4v) is 5.13. The van der Waals surface area contributed by atoms with Crippen LogP contribution in [0.15, 0.2) is 59.4 Å². The standard InChI is InChI=1S/C24H22N4O3S/c1-15(28-24(30)21-19-9-5-6-10-20(19)32-23(21)26-27-28)22(29)25-16-11-13-18(14-12-16)31-17-7-3-2-4-8-17/h2-4,7-8,11-15H,5-6,9-10H2,1H3,(H,25,29). The maximum atomic E-state index is 13.1. The van der Waals surface area contributed by atoms with Crippen molar-refractivity contribution in [3.63, 3.8) is 0 Å². The van der Waals surface area contributed by atoms with E-state index in [1.54, 1.807) is 42.5 Å². The van der Waals surface area contributed by atoms with Crippen molar-refractivity contribution in [1.29, 1.82) is 0 Å². The van der Waals surface area contributed by atoms with Gasteiger partial charge in [0, 0.05) is 10.6 Å². The van der Waals surface area contributed by atoms with E-state index >= 15 is 0 Å². The highest BCUT2D eigenvalue weighted by Crippen LogP contribution is 2.33. The van der Waals surface area contributed by atoms with Gasteiger partial charge in [0.05, 0.1) is 5.39 Å². The van der Waals surface area contributed by atoms with Crippen molar-refractivity contribution < 1.29 is 9.53 Å². The second-order valence-electron chi connectivity index (χ2n) is 7.83. The third-order valence-corrected chi connectivity index (χ3v) is 6.83. The molecule has 1 amide bonds. The maximum Gasteiger partial charge on any atom is 0.279 e. The number of fused-ring (bicyclic) bond motifs is 3. The van der Waals surface area contributed by atoms with Crippen molar-refractivity contribution >= 4 is 33.1 Å². The zero-order valence-electron chi connectivity index (χ0n) is 17.6. The van der Waals surface area contributed by atoms with Crippen molar-refractivity contribution in [3.05, 3.63) is 75.4 Å². The number of hydrogen-bond acceptors (Lipinski definition) is 6. The Morgan fingerprint density at radius 1 is 1.06 bits per heavy atom. The SMILES string of the molecule is CC(C(=O)Nc1ccc(Oc2ccccc2)cc1)n1nnc2sc3c(c2c1=O)CCCC3. The van der Waals surface area contributed by atoms with E-state index in [4.69, 9.17) is 4.74 Å². The number of anilines is 1. The van der Waals surface area contributed by atoms with Gasteiger partial charge in [-0.25, -0.2) is 0 Å². The number of rotatable bonds is 5. The van der Waals surface area contributed by atoms with E-state index in [2.05, 4.69) is 15.6 Å². The van der Waals surface area contributed by atoms with E-state index in [0.717, 1.165) is 37.0 Å². The first-order valence-corrected chi connectivity index (χ1v) is 11.5. The van der Waals surface area contributed by atoms with Crippen molar-refractivity contribution in [1.82, 2.24) is 15.0 Å². The molecule has 2 aromatic carbocycles. The smallest absolute Gasteiger partial charge is 0.279 e. The molecule has 8 heteroatoms. The van der Waals surface area contributed by atoms with Crippen LogP contribution in [0.25, 0.3) is 10.2 Å². The highest BCUT2D eigenvalue weighted by molar-refractivity contribution is 7.18. The number of hydrogen-bond donors (Lipinski definition) is 1. The first-order chi connectivity index (χ1) is 15.6. The Morgan fingerprint density at radius 3 is 2.56 bits per heavy atom. The summed E-state index contributed by atoms with van der Waals surface area (Å²) in [6, 6.07) is 15.8. The minimum atomic E-state index is -0.793. The Kier molecular flexibility index (Phi) is 5.45. The Bertz CT molecular complexity index is 1330. The topological polar surface area (TPSA) is 86.1 Å². The fourth-order valence-electron chi connectivity index (χ4n) is 3.93.